The lowest BCUT2D eigenvalue weighted by Crippen LogP contribution is -2.31. The quantitative estimate of drug-likeness (QED) is 0.331. The summed E-state index contributed by atoms with van der Waals surface area (Å²) in [6, 6.07) is 12.5. The Bertz CT molecular complexity index is 743. The highest BCUT2D eigenvalue weighted by molar-refractivity contribution is 7.89. The average Bonchev–Trinajstić information content (AvgIpc) is 2.47. The van der Waals surface area contributed by atoms with Crippen LogP contribution < -0.4 is 16.4 Å². The van der Waals surface area contributed by atoms with Crippen LogP contribution in [0.4, 0.5) is 5.69 Å². The molecule has 0 heterocycles. The third kappa shape index (κ3) is 2.55. The van der Waals surface area contributed by atoms with Gasteiger partial charge in [-0.05, 0) is 12.1 Å². The fourth-order valence-corrected chi connectivity index (χ4v) is 2.68. The van der Waals surface area contributed by atoms with Gasteiger partial charge in [0.15, 0.2) is 5.78 Å². The Kier molecular flexibility index (Phi) is 3.84. The molecule has 0 fully saturated rings. The predicted molar refractivity (Wildman–Crippen MR) is 75.2 cm³/mol. The molecule has 0 atom stereocenters. The summed E-state index contributed by atoms with van der Waals surface area (Å²) in [4.78, 5) is 13.9. The lowest BCUT2D eigenvalue weighted by Gasteiger charge is -2.11. The molecule has 6 nitrogen and oxygen atoms in total. The van der Waals surface area contributed by atoms with Crippen LogP contribution in [0.5, 0.6) is 0 Å². The van der Waals surface area contributed by atoms with Crippen LogP contribution in [0.25, 0.3) is 0 Å². The molecule has 0 radical (unpaired) electrons. The van der Waals surface area contributed by atoms with Crippen LogP contribution in [-0.4, -0.2) is 14.2 Å². The maximum absolute atomic E-state index is 12.4. The summed E-state index contributed by atoms with van der Waals surface area (Å²) in [5.41, 5.74) is 6.10. The van der Waals surface area contributed by atoms with E-state index in [9.17, 15) is 13.2 Å². The highest BCUT2D eigenvalue weighted by atomic mass is 32.2. The van der Waals surface area contributed by atoms with Crippen LogP contribution in [0, 0.1) is 0 Å². The summed E-state index contributed by atoms with van der Waals surface area (Å²) in [5, 5.41) is 0. The Morgan fingerprint density at radius 2 is 1.65 bits per heavy atom. The summed E-state index contributed by atoms with van der Waals surface area (Å²) >= 11 is 0. The first kappa shape index (κ1) is 14.2. The van der Waals surface area contributed by atoms with Crippen molar-refractivity contribution in [3.05, 3.63) is 59.7 Å². The number of nitrogen functional groups attached to an aromatic ring is 1. The smallest absolute Gasteiger partial charge is 0.253 e. The Morgan fingerprint density at radius 3 is 2.25 bits per heavy atom. The molecule has 2 aromatic rings. The second-order valence-corrected chi connectivity index (χ2v) is 5.72. The van der Waals surface area contributed by atoms with Gasteiger partial charge < -0.3 is 5.73 Å². The standard InChI is InChI=1S/C13H13N3O3S/c14-10-7-4-8-11(20(18,19)16-15)12(10)13(17)9-5-2-1-3-6-9/h1-8,16H,14-15H2. The minimum absolute atomic E-state index is 0.0789. The Morgan fingerprint density at radius 1 is 1.00 bits per heavy atom. The number of carbonyl (C=O) groups is 1. The first-order valence-corrected chi connectivity index (χ1v) is 7.16. The summed E-state index contributed by atoms with van der Waals surface area (Å²) < 4.78 is 23.7. The summed E-state index contributed by atoms with van der Waals surface area (Å²) in [5.74, 6) is 4.53. The first-order chi connectivity index (χ1) is 9.47. The van der Waals surface area contributed by atoms with Gasteiger partial charge in [-0.3, -0.25) is 10.6 Å². The second-order valence-electron chi connectivity index (χ2n) is 4.04. The van der Waals surface area contributed by atoms with Gasteiger partial charge in [0.25, 0.3) is 10.0 Å². The van der Waals surface area contributed by atoms with Crippen LogP contribution in [0.15, 0.2) is 53.4 Å². The molecule has 20 heavy (non-hydrogen) atoms. The summed E-state index contributed by atoms with van der Waals surface area (Å²) in [7, 11) is -3.98. The molecule has 0 unspecified atom stereocenters. The van der Waals surface area contributed by atoms with Crippen LogP contribution in [0.2, 0.25) is 0 Å². The van der Waals surface area contributed by atoms with Gasteiger partial charge in [0.05, 0.1) is 10.5 Å². The number of benzene rings is 2. The molecule has 2 aromatic carbocycles. The fourth-order valence-electron chi connectivity index (χ4n) is 1.81. The van der Waals surface area contributed by atoms with Crippen molar-refractivity contribution < 1.29 is 13.2 Å². The highest BCUT2D eigenvalue weighted by Gasteiger charge is 2.24. The van der Waals surface area contributed by atoms with Gasteiger partial charge in [0.1, 0.15) is 0 Å². The van der Waals surface area contributed by atoms with Gasteiger partial charge in [0.2, 0.25) is 0 Å². The number of nitrogens with two attached hydrogens (primary N) is 2. The molecule has 0 saturated carbocycles. The van der Waals surface area contributed by atoms with Gasteiger partial charge in [-0.1, -0.05) is 36.4 Å². The maximum Gasteiger partial charge on any atom is 0.253 e. The van der Waals surface area contributed by atoms with Crippen molar-refractivity contribution in [3.63, 3.8) is 0 Å². The topological polar surface area (TPSA) is 115 Å². The largest absolute Gasteiger partial charge is 0.398 e. The molecule has 0 amide bonds. The third-order valence-electron chi connectivity index (χ3n) is 2.77. The molecule has 0 aromatic heterocycles. The van der Waals surface area contributed by atoms with E-state index in [1.54, 1.807) is 35.2 Å². The molecule has 104 valence electrons. The van der Waals surface area contributed by atoms with Gasteiger partial charge in [0, 0.05) is 11.3 Å². The van der Waals surface area contributed by atoms with E-state index < -0.39 is 15.8 Å². The molecule has 0 saturated heterocycles. The number of hydrazine groups is 1. The molecule has 5 N–H and O–H groups in total. The van der Waals surface area contributed by atoms with Gasteiger partial charge in [-0.25, -0.2) is 8.42 Å². The van der Waals surface area contributed by atoms with E-state index >= 15 is 0 Å². The minimum Gasteiger partial charge on any atom is -0.398 e. The lowest BCUT2D eigenvalue weighted by atomic mass is 10.0. The normalized spacial score (nSPS) is 11.2. The van der Waals surface area contributed by atoms with Gasteiger partial charge in [-0.2, -0.15) is 4.83 Å². The van der Waals surface area contributed by atoms with E-state index in [4.69, 9.17) is 11.6 Å². The van der Waals surface area contributed by atoms with Gasteiger partial charge in [-0.15, -0.1) is 0 Å². The SMILES string of the molecule is NNS(=O)(=O)c1cccc(N)c1C(=O)c1ccccc1. The van der Waals surface area contributed by atoms with Crippen molar-refractivity contribution in [1.29, 1.82) is 0 Å². The molecular formula is C13H13N3O3S. The van der Waals surface area contributed by atoms with Crippen molar-refractivity contribution in [3.8, 4) is 0 Å². The van der Waals surface area contributed by atoms with Crippen LogP contribution in [0.3, 0.4) is 0 Å². The zero-order valence-corrected chi connectivity index (χ0v) is 11.2. The number of hydrogen-bond donors (Lipinski definition) is 3. The van der Waals surface area contributed by atoms with Crippen LogP contribution in [-0.2, 0) is 10.0 Å². The van der Waals surface area contributed by atoms with E-state index in [1.165, 1.54) is 18.2 Å². The van der Waals surface area contributed by atoms with Crippen molar-refractivity contribution in [2.24, 2.45) is 5.84 Å². The van der Waals surface area contributed by atoms with E-state index in [-0.39, 0.29) is 16.1 Å². The van der Waals surface area contributed by atoms with Crippen LogP contribution in [0.1, 0.15) is 15.9 Å². The molecule has 2 rings (SSSR count). The van der Waals surface area contributed by atoms with Crippen molar-refractivity contribution in [2.45, 2.75) is 4.90 Å². The Labute approximate surface area is 116 Å². The Balaban J connectivity index is 2.66. The molecule has 7 heteroatoms. The Hall–Kier alpha value is -2.22. The van der Waals surface area contributed by atoms with E-state index in [0.29, 0.717) is 5.56 Å². The van der Waals surface area contributed by atoms with Crippen molar-refractivity contribution >= 4 is 21.5 Å². The third-order valence-corrected chi connectivity index (χ3v) is 4.00. The number of nitrogens with one attached hydrogen (secondary N) is 1. The predicted octanol–water partition coefficient (Wildman–Crippen LogP) is 0.652. The monoisotopic (exact) mass is 291 g/mol. The number of ketones is 1. The number of anilines is 1. The molecular weight excluding hydrogens is 278 g/mol. The molecule has 0 bridgehead atoms. The van der Waals surface area contributed by atoms with Crippen molar-refractivity contribution in [2.75, 3.05) is 5.73 Å². The van der Waals surface area contributed by atoms with Crippen LogP contribution >= 0.6 is 0 Å². The number of hydrogen-bond acceptors (Lipinski definition) is 5. The molecule has 0 spiro atoms. The fraction of sp³-hybridized carbons (Fsp3) is 0. The van der Waals surface area contributed by atoms with Gasteiger partial charge >= 0.3 is 0 Å². The number of rotatable bonds is 4. The lowest BCUT2D eigenvalue weighted by molar-refractivity contribution is 0.103. The van der Waals surface area contributed by atoms with E-state index in [2.05, 4.69) is 0 Å². The van der Waals surface area contributed by atoms with Crippen molar-refractivity contribution in [1.82, 2.24) is 4.83 Å². The second kappa shape index (κ2) is 5.41. The zero-order valence-electron chi connectivity index (χ0n) is 10.4. The van der Waals surface area contributed by atoms with E-state index in [1.807, 2.05) is 0 Å². The first-order valence-electron chi connectivity index (χ1n) is 5.68. The number of carbonyl (C=O) groups excluding carboxylic acids is 1. The maximum atomic E-state index is 12.4. The molecule has 0 aliphatic rings. The molecule has 0 aliphatic carbocycles. The zero-order chi connectivity index (χ0) is 14.8. The minimum atomic E-state index is -3.98. The average molecular weight is 291 g/mol. The highest BCUT2D eigenvalue weighted by Crippen LogP contribution is 2.24. The summed E-state index contributed by atoms with van der Waals surface area (Å²) in [6.45, 7) is 0. The molecule has 0 aliphatic heterocycles. The van der Waals surface area contributed by atoms with E-state index in [0.717, 1.165) is 0 Å². The summed E-state index contributed by atoms with van der Waals surface area (Å²) in [6.07, 6.45) is 0. The number of sulfonamides is 1.